The molecule has 0 saturated heterocycles. The number of hydroxylamine groups is 1. The third-order valence-corrected chi connectivity index (χ3v) is 5.47. The molecule has 0 heterocycles. The van der Waals surface area contributed by atoms with E-state index in [1.54, 1.807) is 38.1 Å². The van der Waals surface area contributed by atoms with Crippen molar-refractivity contribution in [2.45, 2.75) is 38.5 Å². The molecular weight excluding hydrogens is 450 g/mol. The summed E-state index contributed by atoms with van der Waals surface area (Å²) in [5.74, 6) is 2.57. The van der Waals surface area contributed by atoms with Gasteiger partial charge in [0.2, 0.25) is 0 Å². The second-order valence-electron chi connectivity index (χ2n) is 8.53. The van der Waals surface area contributed by atoms with Gasteiger partial charge < -0.3 is 20.1 Å². The highest BCUT2D eigenvalue weighted by Gasteiger charge is 2.47. The van der Waals surface area contributed by atoms with Gasteiger partial charge in [-0.05, 0) is 69.2 Å². The van der Waals surface area contributed by atoms with Crippen LogP contribution in [0.1, 0.15) is 47.8 Å². The fourth-order valence-corrected chi connectivity index (χ4v) is 3.17. The van der Waals surface area contributed by atoms with Gasteiger partial charge >= 0.3 is 0 Å². The quantitative estimate of drug-likeness (QED) is 0.149. The zero-order valence-corrected chi connectivity index (χ0v) is 20.5. The lowest BCUT2D eigenvalue weighted by Gasteiger charge is -2.34. The summed E-state index contributed by atoms with van der Waals surface area (Å²) < 4.78 is 5.31. The lowest BCUT2D eigenvalue weighted by molar-refractivity contribution is -0.175. The Hall–Kier alpha value is -3.71. The standard InChI is InChI=1S/C26H31N3O6/c1-25(2,33)35-17-16-20-10-8-18(9-11-20)6-7-19-12-14-21(15-13-19)22(30)29(5)26(3,23(31)27-4)24(32)28-34/h8-15,33-34H,16-17H2,1-5H3,(H,27,31)(H,28,32)/t26-/m0/s1. The molecule has 186 valence electrons. The van der Waals surface area contributed by atoms with Crippen LogP contribution in [0.5, 0.6) is 0 Å². The van der Waals surface area contributed by atoms with E-state index >= 15 is 0 Å². The predicted molar refractivity (Wildman–Crippen MR) is 129 cm³/mol. The zero-order valence-electron chi connectivity index (χ0n) is 20.5. The van der Waals surface area contributed by atoms with Gasteiger partial charge in [0.05, 0.1) is 6.61 Å². The third-order valence-electron chi connectivity index (χ3n) is 5.47. The summed E-state index contributed by atoms with van der Waals surface area (Å²) in [6.45, 7) is 4.82. The van der Waals surface area contributed by atoms with Crippen LogP contribution in [0.4, 0.5) is 0 Å². The van der Waals surface area contributed by atoms with Gasteiger partial charge in [0, 0.05) is 30.8 Å². The molecule has 0 aliphatic rings. The minimum Gasteiger partial charge on any atom is -0.366 e. The average molecular weight is 482 g/mol. The molecule has 0 aliphatic heterocycles. The lowest BCUT2D eigenvalue weighted by atomic mass is 9.96. The summed E-state index contributed by atoms with van der Waals surface area (Å²) in [7, 11) is 2.64. The molecular formula is C26H31N3O6. The highest BCUT2D eigenvalue weighted by atomic mass is 16.6. The van der Waals surface area contributed by atoms with Crippen molar-refractivity contribution in [3.63, 3.8) is 0 Å². The second-order valence-corrected chi connectivity index (χ2v) is 8.53. The lowest BCUT2D eigenvalue weighted by Crippen LogP contribution is -2.64. The number of likely N-dealkylation sites (N-methyl/N-ethyl adjacent to an activating group) is 2. The maximum absolute atomic E-state index is 12.9. The predicted octanol–water partition coefficient (Wildman–Crippen LogP) is 1.46. The summed E-state index contributed by atoms with van der Waals surface area (Å²) in [4.78, 5) is 38.3. The van der Waals surface area contributed by atoms with Gasteiger partial charge in [0.15, 0.2) is 11.3 Å². The first-order chi connectivity index (χ1) is 16.4. The minimum absolute atomic E-state index is 0.247. The van der Waals surface area contributed by atoms with Gasteiger partial charge in [0.1, 0.15) is 0 Å². The topological polar surface area (TPSA) is 128 Å². The molecule has 0 saturated carbocycles. The van der Waals surface area contributed by atoms with Gasteiger partial charge in [0.25, 0.3) is 17.7 Å². The van der Waals surface area contributed by atoms with E-state index in [9.17, 15) is 19.5 Å². The molecule has 2 aromatic carbocycles. The van der Waals surface area contributed by atoms with Crippen LogP contribution in [0, 0.1) is 11.8 Å². The fraction of sp³-hybridized carbons (Fsp3) is 0.346. The van der Waals surface area contributed by atoms with Crippen molar-refractivity contribution in [1.82, 2.24) is 15.7 Å². The summed E-state index contributed by atoms with van der Waals surface area (Å²) >= 11 is 0. The monoisotopic (exact) mass is 481 g/mol. The van der Waals surface area contributed by atoms with Crippen molar-refractivity contribution >= 4 is 17.7 Å². The van der Waals surface area contributed by atoms with Crippen molar-refractivity contribution in [2.24, 2.45) is 0 Å². The molecule has 3 amide bonds. The van der Waals surface area contributed by atoms with Gasteiger partial charge in [-0.2, -0.15) is 0 Å². The number of carbonyl (C=O) groups excluding carboxylic acids is 3. The van der Waals surface area contributed by atoms with Gasteiger partial charge in [-0.3, -0.25) is 19.6 Å². The first-order valence-electron chi connectivity index (χ1n) is 10.9. The SMILES string of the molecule is CNC(=O)[C@@](C)(C(=O)NO)N(C)C(=O)c1ccc(C#Cc2ccc(CCOC(C)(C)O)cc2)cc1. The third kappa shape index (κ3) is 7.13. The van der Waals surface area contributed by atoms with E-state index in [4.69, 9.17) is 9.94 Å². The first kappa shape index (κ1) is 27.5. The molecule has 0 fully saturated rings. The van der Waals surface area contributed by atoms with E-state index in [2.05, 4.69) is 17.2 Å². The van der Waals surface area contributed by atoms with E-state index < -0.39 is 29.0 Å². The van der Waals surface area contributed by atoms with E-state index in [1.165, 1.54) is 26.5 Å². The summed E-state index contributed by atoms with van der Waals surface area (Å²) in [6.07, 6.45) is 0.667. The molecule has 1 atom stereocenters. The van der Waals surface area contributed by atoms with Gasteiger partial charge in [-0.25, -0.2) is 5.48 Å². The normalized spacial score (nSPS) is 12.5. The molecule has 9 nitrogen and oxygen atoms in total. The van der Waals surface area contributed by atoms with E-state index in [0.29, 0.717) is 18.6 Å². The molecule has 0 spiro atoms. The molecule has 9 heteroatoms. The van der Waals surface area contributed by atoms with Crippen molar-refractivity contribution in [3.8, 4) is 11.8 Å². The Balaban J connectivity index is 2.09. The van der Waals surface area contributed by atoms with Gasteiger partial charge in [-0.1, -0.05) is 24.0 Å². The molecule has 0 aromatic heterocycles. The first-order valence-corrected chi connectivity index (χ1v) is 10.9. The number of nitrogens with one attached hydrogen (secondary N) is 2. The number of hydrogen-bond donors (Lipinski definition) is 4. The Morgan fingerprint density at radius 3 is 1.91 bits per heavy atom. The molecule has 2 rings (SSSR count). The molecule has 0 unspecified atom stereocenters. The number of ether oxygens (including phenoxy) is 1. The Kier molecular flexibility index (Phi) is 9.14. The van der Waals surface area contributed by atoms with Crippen molar-refractivity contribution in [1.29, 1.82) is 0 Å². The van der Waals surface area contributed by atoms with Crippen LogP contribution in [-0.4, -0.2) is 65.0 Å². The van der Waals surface area contributed by atoms with E-state index in [0.717, 1.165) is 16.0 Å². The van der Waals surface area contributed by atoms with Crippen LogP contribution in [0.15, 0.2) is 48.5 Å². The van der Waals surface area contributed by atoms with E-state index in [-0.39, 0.29) is 5.56 Å². The molecule has 4 N–H and O–H groups in total. The number of rotatable bonds is 8. The smallest absolute Gasteiger partial charge is 0.278 e. The number of benzene rings is 2. The van der Waals surface area contributed by atoms with Crippen molar-refractivity contribution < 1.29 is 29.4 Å². The molecule has 35 heavy (non-hydrogen) atoms. The number of carbonyl (C=O) groups is 3. The van der Waals surface area contributed by atoms with Crippen LogP contribution in [-0.2, 0) is 20.7 Å². The number of aliphatic hydroxyl groups is 1. The highest BCUT2D eigenvalue weighted by Crippen LogP contribution is 2.18. The highest BCUT2D eigenvalue weighted by molar-refractivity contribution is 6.12. The molecule has 0 radical (unpaired) electrons. The van der Waals surface area contributed by atoms with Crippen molar-refractivity contribution in [3.05, 3.63) is 70.8 Å². The average Bonchev–Trinajstić information content (AvgIpc) is 2.85. The summed E-state index contributed by atoms with van der Waals surface area (Å²) in [5.41, 5.74) is 2.28. The summed E-state index contributed by atoms with van der Waals surface area (Å²) in [5, 5.41) is 21.0. The summed E-state index contributed by atoms with van der Waals surface area (Å²) in [6, 6.07) is 14.1. The minimum atomic E-state index is -1.95. The maximum atomic E-state index is 12.9. The Labute approximate surface area is 205 Å². The zero-order chi connectivity index (χ0) is 26.2. The van der Waals surface area contributed by atoms with Crippen LogP contribution in [0.3, 0.4) is 0 Å². The Morgan fingerprint density at radius 2 is 1.46 bits per heavy atom. The number of amides is 3. The number of nitrogens with zero attached hydrogens (tertiary/aromatic N) is 1. The fourth-order valence-electron chi connectivity index (χ4n) is 3.17. The van der Waals surface area contributed by atoms with Crippen LogP contribution >= 0.6 is 0 Å². The van der Waals surface area contributed by atoms with Crippen LogP contribution < -0.4 is 10.8 Å². The Morgan fingerprint density at radius 1 is 0.943 bits per heavy atom. The van der Waals surface area contributed by atoms with Gasteiger partial charge in [-0.15, -0.1) is 0 Å². The van der Waals surface area contributed by atoms with Crippen molar-refractivity contribution in [2.75, 3.05) is 20.7 Å². The van der Waals surface area contributed by atoms with E-state index in [1.807, 2.05) is 24.3 Å². The number of hydrogen-bond acceptors (Lipinski definition) is 6. The molecule has 0 aliphatic carbocycles. The molecule has 2 aromatic rings. The Bertz CT molecular complexity index is 1090. The largest absolute Gasteiger partial charge is 0.366 e. The second kappa shape index (κ2) is 11.6. The van der Waals surface area contributed by atoms with Crippen LogP contribution in [0.25, 0.3) is 0 Å². The maximum Gasteiger partial charge on any atom is 0.278 e. The van der Waals surface area contributed by atoms with Crippen LogP contribution in [0.2, 0.25) is 0 Å². The molecule has 0 bridgehead atoms.